The minimum absolute atomic E-state index is 0.193. The van der Waals surface area contributed by atoms with Crippen molar-refractivity contribution in [1.82, 2.24) is 35.1 Å². The Kier molecular flexibility index (Phi) is 5.77. The maximum absolute atomic E-state index is 6.13. The number of benzene rings is 1. The average Bonchev–Trinajstić information content (AvgIpc) is 3.46. The highest BCUT2D eigenvalue weighted by molar-refractivity contribution is 5.77. The molecule has 0 bridgehead atoms. The predicted molar refractivity (Wildman–Crippen MR) is 106 cm³/mol. The molecule has 146 valence electrons. The van der Waals surface area contributed by atoms with Gasteiger partial charge in [0.25, 0.3) is 0 Å². The summed E-state index contributed by atoms with van der Waals surface area (Å²) in [7, 11) is 0. The standard InChI is InChI=1S/C20H25N7O/c1-2-3-12-27-20(23-24-25-27)19(22-9-6-11-26-13-10-21-15-26)18-14-16-7-4-5-8-17(16)28-18/h4-5,7-8,10,13-15,19,22H,2-3,6,9,11-12H2,1H3. The van der Waals surface area contributed by atoms with E-state index in [1.807, 2.05) is 35.4 Å². The van der Waals surface area contributed by atoms with Crippen molar-refractivity contribution in [1.29, 1.82) is 0 Å². The molecule has 0 spiro atoms. The molecule has 0 aliphatic carbocycles. The smallest absolute Gasteiger partial charge is 0.176 e. The van der Waals surface area contributed by atoms with Crippen LogP contribution in [0.15, 0.2) is 53.5 Å². The van der Waals surface area contributed by atoms with Crippen LogP contribution in [0.1, 0.15) is 43.8 Å². The highest BCUT2D eigenvalue weighted by Gasteiger charge is 2.24. The first-order valence-electron chi connectivity index (χ1n) is 9.79. The summed E-state index contributed by atoms with van der Waals surface area (Å²) in [5.41, 5.74) is 0.871. The number of unbranched alkanes of at least 4 members (excludes halogenated alkanes) is 1. The maximum Gasteiger partial charge on any atom is 0.176 e. The molecule has 0 saturated carbocycles. The van der Waals surface area contributed by atoms with Crippen molar-refractivity contribution in [2.24, 2.45) is 0 Å². The molecule has 3 heterocycles. The van der Waals surface area contributed by atoms with Crippen LogP contribution in [-0.2, 0) is 13.1 Å². The van der Waals surface area contributed by atoms with Gasteiger partial charge in [-0.25, -0.2) is 9.67 Å². The third-order valence-corrected chi connectivity index (χ3v) is 4.77. The topological polar surface area (TPSA) is 86.6 Å². The Morgan fingerprint density at radius 1 is 1.18 bits per heavy atom. The van der Waals surface area contributed by atoms with E-state index in [9.17, 15) is 0 Å². The fourth-order valence-electron chi connectivity index (χ4n) is 3.28. The van der Waals surface area contributed by atoms with Gasteiger partial charge in [0.15, 0.2) is 5.82 Å². The lowest BCUT2D eigenvalue weighted by molar-refractivity contribution is 0.422. The second-order valence-corrected chi connectivity index (χ2v) is 6.84. The minimum atomic E-state index is -0.193. The molecule has 0 saturated heterocycles. The summed E-state index contributed by atoms with van der Waals surface area (Å²) >= 11 is 0. The molecule has 1 unspecified atom stereocenters. The summed E-state index contributed by atoms with van der Waals surface area (Å²) in [5, 5.41) is 17.1. The molecule has 8 nitrogen and oxygen atoms in total. The lowest BCUT2D eigenvalue weighted by atomic mass is 10.1. The molecule has 0 aliphatic rings. The van der Waals surface area contributed by atoms with Crippen molar-refractivity contribution >= 4 is 11.0 Å². The normalized spacial score (nSPS) is 12.6. The highest BCUT2D eigenvalue weighted by atomic mass is 16.3. The molecule has 28 heavy (non-hydrogen) atoms. The molecule has 8 heteroatoms. The fourth-order valence-corrected chi connectivity index (χ4v) is 3.28. The first kappa shape index (κ1) is 18.4. The van der Waals surface area contributed by atoms with Crippen LogP contribution in [0.2, 0.25) is 0 Å². The van der Waals surface area contributed by atoms with Gasteiger partial charge in [-0.05, 0) is 41.9 Å². The monoisotopic (exact) mass is 379 g/mol. The highest BCUT2D eigenvalue weighted by Crippen LogP contribution is 2.27. The van der Waals surface area contributed by atoms with E-state index in [-0.39, 0.29) is 6.04 Å². The zero-order valence-electron chi connectivity index (χ0n) is 16.0. The van der Waals surface area contributed by atoms with Crippen molar-refractivity contribution in [2.75, 3.05) is 6.54 Å². The first-order valence-corrected chi connectivity index (χ1v) is 9.79. The van der Waals surface area contributed by atoms with Gasteiger partial charge in [0.2, 0.25) is 0 Å². The summed E-state index contributed by atoms with van der Waals surface area (Å²) < 4.78 is 10.1. The van der Waals surface area contributed by atoms with E-state index >= 15 is 0 Å². The molecule has 0 fully saturated rings. The number of tetrazole rings is 1. The molecule has 1 aromatic carbocycles. The summed E-state index contributed by atoms with van der Waals surface area (Å²) in [6.45, 7) is 4.67. The molecule has 4 rings (SSSR count). The lowest BCUT2D eigenvalue weighted by Gasteiger charge is -2.16. The Balaban J connectivity index is 1.54. The molecule has 0 amide bonds. The fraction of sp³-hybridized carbons (Fsp3) is 0.400. The van der Waals surface area contributed by atoms with Gasteiger partial charge in [0.05, 0.1) is 6.33 Å². The van der Waals surface area contributed by atoms with Gasteiger partial charge >= 0.3 is 0 Å². The number of hydrogen-bond acceptors (Lipinski definition) is 6. The van der Waals surface area contributed by atoms with Gasteiger partial charge in [-0.1, -0.05) is 31.5 Å². The number of nitrogens with one attached hydrogen (secondary N) is 1. The van der Waals surface area contributed by atoms with Crippen molar-refractivity contribution in [3.8, 4) is 0 Å². The lowest BCUT2D eigenvalue weighted by Crippen LogP contribution is -2.27. The van der Waals surface area contributed by atoms with Crippen LogP contribution in [0.3, 0.4) is 0 Å². The van der Waals surface area contributed by atoms with Crippen LogP contribution < -0.4 is 5.32 Å². The Morgan fingerprint density at radius 2 is 2.11 bits per heavy atom. The molecule has 1 atom stereocenters. The first-order chi connectivity index (χ1) is 13.8. The molecular weight excluding hydrogens is 354 g/mol. The van der Waals surface area contributed by atoms with Gasteiger partial charge in [-0.2, -0.15) is 0 Å². The molecule has 0 radical (unpaired) electrons. The second kappa shape index (κ2) is 8.79. The van der Waals surface area contributed by atoms with E-state index in [1.54, 1.807) is 6.20 Å². The Morgan fingerprint density at radius 3 is 2.93 bits per heavy atom. The van der Waals surface area contributed by atoms with Crippen molar-refractivity contribution in [3.63, 3.8) is 0 Å². The number of furan rings is 1. The van der Waals surface area contributed by atoms with Gasteiger partial charge in [0.1, 0.15) is 17.4 Å². The summed E-state index contributed by atoms with van der Waals surface area (Å²) in [5.74, 6) is 1.62. The van der Waals surface area contributed by atoms with E-state index in [1.165, 1.54) is 0 Å². The van der Waals surface area contributed by atoms with Gasteiger partial charge in [-0.3, -0.25) is 0 Å². The quantitative estimate of drug-likeness (QED) is 0.426. The predicted octanol–water partition coefficient (Wildman–Crippen LogP) is 3.19. The number of hydrogen-bond donors (Lipinski definition) is 1. The maximum atomic E-state index is 6.13. The van der Waals surface area contributed by atoms with Gasteiger partial charge in [0, 0.05) is 30.9 Å². The van der Waals surface area contributed by atoms with Crippen molar-refractivity contribution < 1.29 is 4.42 Å². The van der Waals surface area contributed by atoms with Crippen molar-refractivity contribution in [2.45, 2.75) is 45.3 Å². The van der Waals surface area contributed by atoms with E-state index in [4.69, 9.17) is 4.42 Å². The molecular formula is C20H25N7O. The summed E-state index contributed by atoms with van der Waals surface area (Å²) in [6, 6.07) is 9.91. The third-order valence-electron chi connectivity index (χ3n) is 4.77. The van der Waals surface area contributed by atoms with E-state index in [2.05, 4.69) is 49.4 Å². The molecule has 1 N–H and O–H groups in total. The van der Waals surface area contributed by atoms with Crippen LogP contribution in [0.5, 0.6) is 0 Å². The van der Waals surface area contributed by atoms with Crippen LogP contribution >= 0.6 is 0 Å². The Hall–Kier alpha value is -3.00. The summed E-state index contributed by atoms with van der Waals surface area (Å²) in [4.78, 5) is 4.09. The number of fused-ring (bicyclic) bond motifs is 1. The van der Waals surface area contributed by atoms with Crippen LogP contribution in [0.4, 0.5) is 0 Å². The van der Waals surface area contributed by atoms with Crippen LogP contribution in [0, 0.1) is 0 Å². The minimum Gasteiger partial charge on any atom is -0.459 e. The van der Waals surface area contributed by atoms with Gasteiger partial charge in [-0.15, -0.1) is 5.10 Å². The zero-order chi connectivity index (χ0) is 19.2. The van der Waals surface area contributed by atoms with Gasteiger partial charge < -0.3 is 14.3 Å². The summed E-state index contributed by atoms with van der Waals surface area (Å²) in [6.07, 6.45) is 8.69. The number of imidazole rings is 1. The number of para-hydroxylation sites is 1. The zero-order valence-corrected chi connectivity index (χ0v) is 16.0. The third kappa shape index (κ3) is 4.12. The number of nitrogens with zero attached hydrogens (tertiary/aromatic N) is 6. The number of aromatic nitrogens is 6. The van der Waals surface area contributed by atoms with E-state index < -0.39 is 0 Å². The van der Waals surface area contributed by atoms with Crippen molar-refractivity contribution in [3.05, 3.63) is 60.6 Å². The van der Waals surface area contributed by atoms with E-state index in [0.29, 0.717) is 0 Å². The largest absolute Gasteiger partial charge is 0.459 e. The average molecular weight is 379 g/mol. The number of rotatable bonds is 10. The molecule has 0 aliphatic heterocycles. The second-order valence-electron chi connectivity index (χ2n) is 6.84. The Bertz CT molecular complexity index is 956. The SMILES string of the molecule is CCCCn1nnnc1C(NCCCn1ccnc1)c1cc2ccccc2o1. The van der Waals surface area contributed by atoms with Crippen LogP contribution in [-0.4, -0.2) is 36.3 Å². The Labute approximate surface area is 163 Å². The van der Waals surface area contributed by atoms with Crippen LogP contribution in [0.25, 0.3) is 11.0 Å². The van der Waals surface area contributed by atoms with E-state index in [0.717, 1.165) is 61.5 Å². The molecule has 3 aromatic heterocycles. The molecule has 4 aromatic rings. The number of aryl methyl sites for hydroxylation is 2.